The van der Waals surface area contributed by atoms with Crippen molar-refractivity contribution in [3.05, 3.63) is 47.6 Å². The van der Waals surface area contributed by atoms with Gasteiger partial charge in [-0.3, -0.25) is 9.20 Å². The minimum Gasteiger partial charge on any atom is -0.365 e. The lowest BCUT2D eigenvalue weighted by molar-refractivity contribution is 0.0664. The molecule has 1 aliphatic rings. The smallest absolute Gasteiger partial charge is 0.292 e. The summed E-state index contributed by atoms with van der Waals surface area (Å²) in [5.41, 5.74) is 2.65. The maximum Gasteiger partial charge on any atom is 0.292 e. The second-order valence-corrected chi connectivity index (χ2v) is 9.51. The van der Waals surface area contributed by atoms with Gasteiger partial charge in [0.2, 0.25) is 5.76 Å². The highest BCUT2D eigenvalue weighted by Gasteiger charge is 2.32. The summed E-state index contributed by atoms with van der Waals surface area (Å²) in [5, 5.41) is 7.67. The predicted molar refractivity (Wildman–Crippen MR) is 117 cm³/mol. The van der Waals surface area contributed by atoms with Gasteiger partial charge in [-0.2, -0.15) is 0 Å². The monoisotopic (exact) mass is 409 g/mol. The molecule has 7 heteroatoms. The van der Waals surface area contributed by atoms with Crippen LogP contribution in [-0.2, 0) is 0 Å². The molecule has 0 aliphatic carbocycles. The molecular formula is C23H31N5O2. The van der Waals surface area contributed by atoms with E-state index in [-0.39, 0.29) is 23.3 Å². The molecule has 0 radical (unpaired) electrons. The molecule has 1 aliphatic heterocycles. The Morgan fingerprint density at radius 2 is 2.10 bits per heavy atom. The van der Waals surface area contributed by atoms with Crippen molar-refractivity contribution >= 4 is 17.4 Å². The molecule has 3 aromatic rings. The van der Waals surface area contributed by atoms with Crippen molar-refractivity contribution in [3.63, 3.8) is 0 Å². The third-order valence-electron chi connectivity index (χ3n) is 5.48. The Balaban J connectivity index is 1.62. The van der Waals surface area contributed by atoms with Gasteiger partial charge in [-0.15, -0.1) is 0 Å². The van der Waals surface area contributed by atoms with Crippen molar-refractivity contribution in [2.45, 2.75) is 64.8 Å². The van der Waals surface area contributed by atoms with Gasteiger partial charge in [0.15, 0.2) is 0 Å². The first-order valence-electron chi connectivity index (χ1n) is 10.7. The fourth-order valence-electron chi connectivity index (χ4n) is 3.98. The zero-order valence-electron chi connectivity index (χ0n) is 18.5. The molecule has 0 saturated carbocycles. The van der Waals surface area contributed by atoms with Gasteiger partial charge in [-0.25, -0.2) is 4.98 Å². The number of fused-ring (bicyclic) bond motifs is 1. The summed E-state index contributed by atoms with van der Waals surface area (Å²) >= 11 is 0. The van der Waals surface area contributed by atoms with E-state index in [1.54, 1.807) is 6.07 Å². The molecule has 4 rings (SSSR count). The topological polar surface area (TPSA) is 75.7 Å². The first-order valence-corrected chi connectivity index (χ1v) is 10.7. The molecule has 4 heterocycles. The number of hydrogen-bond acceptors (Lipinski definition) is 5. The second-order valence-electron chi connectivity index (χ2n) is 9.51. The molecule has 160 valence electrons. The van der Waals surface area contributed by atoms with Crippen molar-refractivity contribution in [2.75, 3.05) is 18.4 Å². The van der Waals surface area contributed by atoms with E-state index in [1.807, 2.05) is 43.1 Å². The number of hydrogen-bond donors (Lipinski definition) is 1. The minimum atomic E-state index is -0.0994. The van der Waals surface area contributed by atoms with E-state index in [0.29, 0.717) is 12.3 Å². The molecule has 0 aromatic carbocycles. The summed E-state index contributed by atoms with van der Waals surface area (Å²) in [7, 11) is 0. The zero-order chi connectivity index (χ0) is 21.5. The fraction of sp³-hybridized carbons (Fsp3) is 0.522. The molecular weight excluding hydrogens is 378 g/mol. The average Bonchev–Trinajstić information content (AvgIpc) is 3.32. The Bertz CT molecular complexity index is 1040. The van der Waals surface area contributed by atoms with E-state index >= 15 is 0 Å². The molecule has 1 amide bonds. The summed E-state index contributed by atoms with van der Waals surface area (Å²) in [4.78, 5) is 19.9. The minimum absolute atomic E-state index is 0.0896. The average molecular weight is 410 g/mol. The Hall–Kier alpha value is -2.83. The van der Waals surface area contributed by atoms with Crippen LogP contribution in [-0.4, -0.2) is 44.0 Å². The Morgan fingerprint density at radius 1 is 1.30 bits per heavy atom. The number of pyridine rings is 1. The highest BCUT2D eigenvalue weighted by Crippen LogP contribution is 2.34. The summed E-state index contributed by atoms with van der Waals surface area (Å²) in [5.74, 6) is 1.64. The summed E-state index contributed by atoms with van der Waals surface area (Å²) in [6.07, 6.45) is 3.97. The number of piperidine rings is 1. The van der Waals surface area contributed by atoms with Gasteiger partial charge < -0.3 is 14.7 Å². The largest absolute Gasteiger partial charge is 0.365 e. The van der Waals surface area contributed by atoms with E-state index in [4.69, 9.17) is 9.51 Å². The number of aromatic nitrogens is 3. The van der Waals surface area contributed by atoms with Gasteiger partial charge in [0, 0.05) is 36.8 Å². The number of imidazole rings is 1. The number of amides is 1. The molecule has 1 saturated heterocycles. The highest BCUT2D eigenvalue weighted by molar-refractivity contribution is 5.91. The normalized spacial score (nSPS) is 17.7. The lowest BCUT2D eigenvalue weighted by Gasteiger charge is -2.32. The van der Waals surface area contributed by atoms with Gasteiger partial charge in [0.05, 0.1) is 11.4 Å². The molecule has 0 unspecified atom stereocenters. The maximum absolute atomic E-state index is 13.0. The van der Waals surface area contributed by atoms with Crippen LogP contribution in [0.5, 0.6) is 0 Å². The highest BCUT2D eigenvalue weighted by atomic mass is 16.5. The Morgan fingerprint density at radius 3 is 2.80 bits per heavy atom. The van der Waals surface area contributed by atoms with Crippen molar-refractivity contribution in [2.24, 2.45) is 0 Å². The van der Waals surface area contributed by atoms with Crippen LogP contribution in [0.4, 0.5) is 5.82 Å². The van der Waals surface area contributed by atoms with Crippen LogP contribution < -0.4 is 5.32 Å². The van der Waals surface area contributed by atoms with Crippen molar-refractivity contribution in [1.82, 2.24) is 19.4 Å². The van der Waals surface area contributed by atoms with E-state index in [9.17, 15) is 4.79 Å². The van der Waals surface area contributed by atoms with Crippen LogP contribution in [0.1, 0.15) is 81.2 Å². The summed E-state index contributed by atoms with van der Waals surface area (Å²) in [6, 6.07) is 7.80. The van der Waals surface area contributed by atoms with Crippen molar-refractivity contribution in [3.8, 4) is 0 Å². The lowest BCUT2D eigenvalue weighted by atomic mass is 9.94. The Labute approximate surface area is 177 Å². The van der Waals surface area contributed by atoms with Gasteiger partial charge in [0.1, 0.15) is 11.5 Å². The Kier molecular flexibility index (Phi) is 5.30. The number of rotatable bonds is 4. The van der Waals surface area contributed by atoms with Crippen LogP contribution in [0.15, 0.2) is 35.0 Å². The van der Waals surface area contributed by atoms with Crippen LogP contribution in [0.2, 0.25) is 0 Å². The van der Waals surface area contributed by atoms with Gasteiger partial charge >= 0.3 is 0 Å². The number of likely N-dealkylation sites (tertiary alicyclic amines) is 1. The number of anilines is 1. The quantitative estimate of drug-likeness (QED) is 0.677. The molecule has 7 nitrogen and oxygen atoms in total. The summed E-state index contributed by atoms with van der Waals surface area (Å²) < 4.78 is 7.45. The van der Waals surface area contributed by atoms with Gasteiger partial charge in [-0.1, -0.05) is 25.1 Å². The summed E-state index contributed by atoms with van der Waals surface area (Å²) in [6.45, 7) is 11.9. The van der Waals surface area contributed by atoms with Crippen LogP contribution in [0, 0.1) is 0 Å². The van der Waals surface area contributed by atoms with Crippen LogP contribution in [0.25, 0.3) is 5.65 Å². The van der Waals surface area contributed by atoms with Crippen LogP contribution in [0.3, 0.4) is 0 Å². The number of nitrogens with one attached hydrogen (secondary N) is 1. The number of nitrogens with zero attached hydrogens (tertiary/aromatic N) is 4. The van der Waals surface area contributed by atoms with Crippen molar-refractivity contribution in [1.29, 1.82) is 0 Å². The molecule has 1 fully saturated rings. The van der Waals surface area contributed by atoms with Crippen molar-refractivity contribution < 1.29 is 9.32 Å². The molecule has 30 heavy (non-hydrogen) atoms. The van der Waals surface area contributed by atoms with E-state index in [0.717, 1.165) is 42.2 Å². The van der Waals surface area contributed by atoms with Crippen LogP contribution >= 0.6 is 0 Å². The molecule has 1 N–H and O–H groups in total. The number of carbonyl (C=O) groups is 1. The lowest BCUT2D eigenvalue weighted by Crippen LogP contribution is -2.39. The third-order valence-corrected chi connectivity index (χ3v) is 5.48. The first kappa shape index (κ1) is 20.4. The van der Waals surface area contributed by atoms with E-state index in [1.165, 1.54) is 0 Å². The van der Waals surface area contributed by atoms with Gasteiger partial charge in [0.25, 0.3) is 5.91 Å². The number of carbonyl (C=O) groups excluding carboxylic acids is 1. The van der Waals surface area contributed by atoms with Gasteiger partial charge in [-0.05, 0) is 51.7 Å². The predicted octanol–water partition coefficient (Wildman–Crippen LogP) is 4.68. The maximum atomic E-state index is 13.0. The van der Waals surface area contributed by atoms with E-state index < -0.39 is 0 Å². The zero-order valence-corrected chi connectivity index (χ0v) is 18.5. The standard InChI is InChI=1S/C23H31N5O2/c1-15(2)17-13-18(30-26-17)22(29)27-11-8-9-16(14-27)20-21(25-23(3,4)5)28-12-7-6-10-19(28)24-20/h6-7,10,12-13,15-16,25H,8-9,11,14H2,1-5H3/t16-/m0/s1. The third kappa shape index (κ3) is 4.06. The second kappa shape index (κ2) is 7.78. The molecule has 1 atom stereocenters. The first-order chi connectivity index (χ1) is 14.2. The molecule has 0 spiro atoms. The fourth-order valence-corrected chi connectivity index (χ4v) is 3.98. The molecule has 3 aromatic heterocycles. The van der Waals surface area contributed by atoms with E-state index in [2.05, 4.69) is 35.6 Å². The molecule has 0 bridgehead atoms. The SMILES string of the molecule is CC(C)c1cc(C(=O)N2CCC[C@H](c3nc4ccccn4c3NC(C)(C)C)C2)on1.